The van der Waals surface area contributed by atoms with Crippen LogP contribution in [-0.4, -0.2) is 22.0 Å². The number of hydrogen-bond donors (Lipinski definition) is 3. The van der Waals surface area contributed by atoms with Crippen molar-refractivity contribution in [3.05, 3.63) is 58.3 Å². The smallest absolute Gasteiger partial charge is 0.319 e. The van der Waals surface area contributed by atoms with E-state index in [1.807, 2.05) is 19.1 Å². The van der Waals surface area contributed by atoms with Gasteiger partial charge in [0.25, 0.3) is 0 Å². The van der Waals surface area contributed by atoms with Crippen LogP contribution in [0.5, 0.6) is 0 Å². The van der Waals surface area contributed by atoms with E-state index in [0.717, 1.165) is 18.4 Å². The van der Waals surface area contributed by atoms with Crippen LogP contribution in [0.2, 0.25) is 0 Å². The summed E-state index contributed by atoms with van der Waals surface area (Å²) >= 11 is 0. The number of aromatic nitrogens is 1. The number of pyridine rings is 1. The van der Waals surface area contributed by atoms with Crippen LogP contribution in [0.4, 0.5) is 22.0 Å². The van der Waals surface area contributed by atoms with Gasteiger partial charge in [0.15, 0.2) is 0 Å². The van der Waals surface area contributed by atoms with Gasteiger partial charge in [-0.2, -0.15) is 0 Å². The Morgan fingerprint density at radius 3 is 2.64 bits per heavy atom. The Morgan fingerprint density at radius 1 is 1.28 bits per heavy atom. The fraction of sp³-hybridized carbons (Fsp3) is 0.294. The molecule has 1 heterocycles. The van der Waals surface area contributed by atoms with E-state index >= 15 is 0 Å². The van der Waals surface area contributed by atoms with Gasteiger partial charge in [-0.15, -0.1) is 0 Å². The first-order valence-electron chi connectivity index (χ1n) is 8.06. The van der Waals surface area contributed by atoms with Crippen LogP contribution in [0, 0.1) is 10.1 Å². The number of nitro groups is 1. The maximum Gasteiger partial charge on any atom is 0.319 e. The third kappa shape index (κ3) is 4.43. The molecule has 0 radical (unpaired) electrons. The molecule has 25 heavy (non-hydrogen) atoms. The molecule has 0 saturated heterocycles. The molecule has 130 valence electrons. The zero-order chi connectivity index (χ0) is 17.8. The molecule has 8 nitrogen and oxygen atoms in total. The third-order valence-electron chi connectivity index (χ3n) is 3.92. The van der Waals surface area contributed by atoms with Crippen molar-refractivity contribution in [3.63, 3.8) is 0 Å². The Bertz CT molecular complexity index is 774. The molecule has 3 N–H and O–H groups in total. The first kappa shape index (κ1) is 16.7. The number of benzene rings is 1. The van der Waals surface area contributed by atoms with E-state index in [1.165, 1.54) is 18.3 Å². The average Bonchev–Trinajstić information content (AvgIpc) is 3.39. The molecule has 8 heteroatoms. The quantitative estimate of drug-likeness (QED) is 0.551. The average molecular weight is 341 g/mol. The summed E-state index contributed by atoms with van der Waals surface area (Å²) in [5.74, 6) is 0.228. The van der Waals surface area contributed by atoms with Gasteiger partial charge in [0, 0.05) is 24.0 Å². The van der Waals surface area contributed by atoms with Crippen LogP contribution >= 0.6 is 0 Å². The van der Waals surface area contributed by atoms with Gasteiger partial charge in [0.2, 0.25) is 5.82 Å². The normalized spacial score (nSPS) is 14.4. The summed E-state index contributed by atoms with van der Waals surface area (Å²) in [7, 11) is 0. The Labute approximate surface area is 144 Å². The SMILES string of the molecule is C[C@@H](Nc1ncccc1[N+](=O)[O-])c1ccc(NC(=O)NC2CC2)cc1. The molecular formula is C17H19N5O3. The Kier molecular flexibility index (Phi) is 4.78. The topological polar surface area (TPSA) is 109 Å². The fourth-order valence-corrected chi connectivity index (χ4v) is 2.38. The zero-order valence-electron chi connectivity index (χ0n) is 13.7. The van der Waals surface area contributed by atoms with Crippen LogP contribution in [0.1, 0.15) is 31.4 Å². The van der Waals surface area contributed by atoms with Gasteiger partial charge in [-0.1, -0.05) is 12.1 Å². The van der Waals surface area contributed by atoms with Crippen molar-refractivity contribution in [1.82, 2.24) is 10.3 Å². The Balaban J connectivity index is 1.63. The van der Waals surface area contributed by atoms with Gasteiger partial charge in [-0.05, 0) is 43.5 Å². The van der Waals surface area contributed by atoms with Crippen LogP contribution < -0.4 is 16.0 Å². The molecule has 1 aromatic carbocycles. The summed E-state index contributed by atoms with van der Waals surface area (Å²) in [6.07, 6.45) is 3.58. The highest BCUT2D eigenvalue weighted by Gasteiger charge is 2.23. The van der Waals surface area contributed by atoms with Crippen LogP contribution in [0.3, 0.4) is 0 Å². The number of amides is 2. The second-order valence-electron chi connectivity index (χ2n) is 5.99. The standard InChI is InChI=1S/C17H19N5O3/c1-11(19-16-15(22(24)25)3-2-10-18-16)12-4-6-13(7-5-12)20-17(23)21-14-8-9-14/h2-7,10-11,14H,8-9H2,1H3,(H,18,19)(H2,20,21,23)/t11-/m1/s1. The molecule has 0 aliphatic heterocycles. The minimum atomic E-state index is -0.465. The van der Waals surface area contributed by atoms with Crippen molar-refractivity contribution in [2.24, 2.45) is 0 Å². The molecule has 0 spiro atoms. The molecule has 1 aromatic heterocycles. The number of carbonyl (C=O) groups excluding carboxylic acids is 1. The summed E-state index contributed by atoms with van der Waals surface area (Å²) in [5.41, 5.74) is 1.55. The highest BCUT2D eigenvalue weighted by atomic mass is 16.6. The van der Waals surface area contributed by atoms with E-state index in [1.54, 1.807) is 12.1 Å². The second kappa shape index (κ2) is 7.16. The van der Waals surface area contributed by atoms with E-state index in [0.29, 0.717) is 11.7 Å². The summed E-state index contributed by atoms with van der Waals surface area (Å²) in [4.78, 5) is 26.3. The molecule has 0 unspecified atom stereocenters. The first-order chi connectivity index (χ1) is 12.0. The predicted octanol–water partition coefficient (Wildman–Crippen LogP) is 3.45. The Hall–Kier alpha value is -3.16. The number of rotatable bonds is 6. The number of anilines is 2. The zero-order valence-corrected chi connectivity index (χ0v) is 13.7. The summed E-state index contributed by atoms with van der Waals surface area (Å²) < 4.78 is 0. The van der Waals surface area contributed by atoms with Crippen molar-refractivity contribution < 1.29 is 9.72 Å². The molecule has 2 amide bonds. The maximum absolute atomic E-state index is 11.7. The van der Waals surface area contributed by atoms with Crippen LogP contribution in [0.25, 0.3) is 0 Å². The number of carbonyl (C=O) groups is 1. The number of nitrogens with one attached hydrogen (secondary N) is 3. The molecule has 0 bridgehead atoms. The largest absolute Gasteiger partial charge is 0.358 e. The summed E-state index contributed by atoms with van der Waals surface area (Å²) in [6.45, 7) is 1.89. The van der Waals surface area contributed by atoms with Gasteiger partial charge in [0.1, 0.15) is 0 Å². The molecule has 2 aromatic rings. The van der Waals surface area contributed by atoms with Crippen molar-refractivity contribution in [3.8, 4) is 0 Å². The number of nitrogens with zero attached hydrogens (tertiary/aromatic N) is 2. The lowest BCUT2D eigenvalue weighted by molar-refractivity contribution is -0.384. The molecule has 1 fully saturated rings. The van der Waals surface area contributed by atoms with Crippen molar-refractivity contribution in [2.75, 3.05) is 10.6 Å². The van der Waals surface area contributed by atoms with Crippen molar-refractivity contribution >= 4 is 23.2 Å². The lowest BCUT2D eigenvalue weighted by Gasteiger charge is -2.15. The van der Waals surface area contributed by atoms with Gasteiger partial charge < -0.3 is 16.0 Å². The van der Waals surface area contributed by atoms with Crippen LogP contribution in [0.15, 0.2) is 42.6 Å². The minimum Gasteiger partial charge on any atom is -0.358 e. The monoisotopic (exact) mass is 341 g/mol. The lowest BCUT2D eigenvalue weighted by Crippen LogP contribution is -2.30. The predicted molar refractivity (Wildman–Crippen MR) is 94.5 cm³/mol. The minimum absolute atomic E-state index is 0.0654. The lowest BCUT2D eigenvalue weighted by atomic mass is 10.1. The molecule has 3 rings (SSSR count). The van der Waals surface area contributed by atoms with Crippen molar-refractivity contribution in [2.45, 2.75) is 31.8 Å². The molecule has 1 aliphatic rings. The molecule has 1 saturated carbocycles. The second-order valence-corrected chi connectivity index (χ2v) is 5.99. The highest BCUT2D eigenvalue weighted by molar-refractivity contribution is 5.89. The van der Waals surface area contributed by atoms with Gasteiger partial charge in [-0.3, -0.25) is 10.1 Å². The number of hydrogen-bond acceptors (Lipinski definition) is 5. The summed E-state index contributed by atoms with van der Waals surface area (Å²) in [6, 6.07) is 10.2. The highest BCUT2D eigenvalue weighted by Crippen LogP contribution is 2.26. The van der Waals surface area contributed by atoms with Crippen LogP contribution in [-0.2, 0) is 0 Å². The fourth-order valence-electron chi connectivity index (χ4n) is 2.38. The van der Waals surface area contributed by atoms with E-state index < -0.39 is 4.92 Å². The molecular weight excluding hydrogens is 322 g/mol. The van der Waals surface area contributed by atoms with Gasteiger partial charge in [-0.25, -0.2) is 9.78 Å². The van der Waals surface area contributed by atoms with E-state index in [2.05, 4.69) is 20.9 Å². The maximum atomic E-state index is 11.7. The van der Waals surface area contributed by atoms with Gasteiger partial charge in [0.05, 0.1) is 11.0 Å². The van der Waals surface area contributed by atoms with E-state index in [9.17, 15) is 14.9 Å². The van der Waals surface area contributed by atoms with E-state index in [4.69, 9.17) is 0 Å². The Morgan fingerprint density at radius 2 is 2.00 bits per heavy atom. The third-order valence-corrected chi connectivity index (χ3v) is 3.92. The molecule has 1 aliphatic carbocycles. The number of urea groups is 1. The van der Waals surface area contributed by atoms with E-state index in [-0.39, 0.29) is 23.6 Å². The van der Waals surface area contributed by atoms with Gasteiger partial charge >= 0.3 is 11.7 Å². The molecule has 1 atom stereocenters. The summed E-state index contributed by atoms with van der Waals surface area (Å²) in [5, 5.41) is 19.7. The first-order valence-corrected chi connectivity index (χ1v) is 8.06. The van der Waals surface area contributed by atoms with Crippen molar-refractivity contribution in [1.29, 1.82) is 0 Å².